The minimum absolute atomic E-state index is 0.0727. The van der Waals surface area contributed by atoms with E-state index in [1.807, 2.05) is 0 Å². The number of anilines is 1. The molecule has 0 aromatic heterocycles. The van der Waals surface area contributed by atoms with Gasteiger partial charge in [-0.05, 0) is 38.5 Å². The lowest BCUT2D eigenvalue weighted by atomic mass is 9.96. The molecule has 2 rings (SSSR count). The van der Waals surface area contributed by atoms with Gasteiger partial charge in [-0.1, -0.05) is 22.0 Å². The Morgan fingerprint density at radius 1 is 1.53 bits per heavy atom. The highest BCUT2D eigenvalue weighted by atomic mass is 79.9. The maximum Gasteiger partial charge on any atom is 0.0643 e. The third-order valence-corrected chi connectivity index (χ3v) is 4.49. The molecule has 1 heterocycles. The van der Waals surface area contributed by atoms with Crippen LogP contribution in [0.2, 0.25) is 0 Å². The normalized spacial score (nSPS) is 22.1. The van der Waals surface area contributed by atoms with Crippen molar-refractivity contribution in [3.8, 4) is 6.07 Å². The second-order valence-corrected chi connectivity index (χ2v) is 6.70. The molecule has 0 amide bonds. The first-order valence-electron chi connectivity index (χ1n) is 6.58. The zero-order chi connectivity index (χ0) is 14.0. The van der Waals surface area contributed by atoms with Gasteiger partial charge >= 0.3 is 0 Å². The summed E-state index contributed by atoms with van der Waals surface area (Å²) < 4.78 is 1.12. The Kier molecular flexibility index (Phi) is 4.17. The SMILES string of the molecule is Cc1ccc(N2CC(C)(C)NCC2CC#N)cc1Br. The minimum Gasteiger partial charge on any atom is -0.364 e. The number of hydrogen-bond acceptors (Lipinski definition) is 3. The van der Waals surface area contributed by atoms with Crippen LogP contribution in [0.1, 0.15) is 25.8 Å². The highest BCUT2D eigenvalue weighted by Gasteiger charge is 2.32. The summed E-state index contributed by atoms with van der Waals surface area (Å²) in [5.41, 5.74) is 2.49. The highest BCUT2D eigenvalue weighted by molar-refractivity contribution is 9.10. The van der Waals surface area contributed by atoms with Gasteiger partial charge in [0.25, 0.3) is 0 Å². The van der Waals surface area contributed by atoms with Crippen molar-refractivity contribution in [2.75, 3.05) is 18.0 Å². The molecule has 4 heteroatoms. The zero-order valence-electron chi connectivity index (χ0n) is 11.7. The van der Waals surface area contributed by atoms with Crippen LogP contribution in [0.15, 0.2) is 22.7 Å². The maximum atomic E-state index is 9.00. The van der Waals surface area contributed by atoms with Crippen LogP contribution in [-0.2, 0) is 0 Å². The number of nitrogens with zero attached hydrogens (tertiary/aromatic N) is 2. The molecule has 0 bridgehead atoms. The fraction of sp³-hybridized carbons (Fsp3) is 0.533. The number of halogens is 1. The van der Waals surface area contributed by atoms with Gasteiger partial charge in [-0.3, -0.25) is 0 Å². The molecule has 0 spiro atoms. The van der Waals surface area contributed by atoms with E-state index in [0.717, 1.165) is 17.6 Å². The Labute approximate surface area is 123 Å². The van der Waals surface area contributed by atoms with Crippen LogP contribution in [0.5, 0.6) is 0 Å². The third kappa shape index (κ3) is 3.29. The molecule has 19 heavy (non-hydrogen) atoms. The zero-order valence-corrected chi connectivity index (χ0v) is 13.3. The molecule has 0 aliphatic carbocycles. The number of nitrogens with one attached hydrogen (secondary N) is 1. The lowest BCUT2D eigenvalue weighted by Crippen LogP contribution is -2.61. The fourth-order valence-electron chi connectivity index (χ4n) is 2.47. The van der Waals surface area contributed by atoms with E-state index < -0.39 is 0 Å². The summed E-state index contributed by atoms with van der Waals surface area (Å²) in [5.74, 6) is 0. The van der Waals surface area contributed by atoms with Crippen LogP contribution in [-0.4, -0.2) is 24.7 Å². The molecule has 1 aliphatic heterocycles. The molecule has 1 atom stereocenters. The predicted octanol–water partition coefficient (Wildman–Crippen LogP) is 3.23. The van der Waals surface area contributed by atoms with E-state index in [2.05, 4.69) is 71.2 Å². The minimum atomic E-state index is 0.0727. The van der Waals surface area contributed by atoms with Gasteiger partial charge in [-0.2, -0.15) is 5.26 Å². The Morgan fingerprint density at radius 3 is 2.89 bits per heavy atom. The van der Waals surface area contributed by atoms with Crippen LogP contribution in [0.4, 0.5) is 5.69 Å². The molecule has 1 aromatic rings. The smallest absolute Gasteiger partial charge is 0.0643 e. The van der Waals surface area contributed by atoms with Crippen molar-refractivity contribution in [3.63, 3.8) is 0 Å². The number of benzene rings is 1. The highest BCUT2D eigenvalue weighted by Crippen LogP contribution is 2.28. The van der Waals surface area contributed by atoms with Gasteiger partial charge in [-0.25, -0.2) is 0 Å². The molecule has 3 nitrogen and oxygen atoms in total. The second kappa shape index (κ2) is 5.52. The third-order valence-electron chi connectivity index (χ3n) is 3.64. The molecule has 102 valence electrons. The largest absolute Gasteiger partial charge is 0.364 e. The first kappa shape index (κ1) is 14.4. The van der Waals surface area contributed by atoms with Crippen LogP contribution in [0, 0.1) is 18.3 Å². The van der Waals surface area contributed by atoms with Gasteiger partial charge in [0.15, 0.2) is 0 Å². The predicted molar refractivity (Wildman–Crippen MR) is 82.3 cm³/mol. The lowest BCUT2D eigenvalue weighted by Gasteiger charge is -2.45. The monoisotopic (exact) mass is 321 g/mol. The van der Waals surface area contributed by atoms with Crippen molar-refractivity contribution in [1.82, 2.24) is 5.32 Å². The van der Waals surface area contributed by atoms with Crippen LogP contribution in [0.3, 0.4) is 0 Å². The summed E-state index contributed by atoms with van der Waals surface area (Å²) in [6, 6.07) is 8.96. The van der Waals surface area contributed by atoms with E-state index in [9.17, 15) is 0 Å². The van der Waals surface area contributed by atoms with Gasteiger partial charge in [0.05, 0.1) is 18.5 Å². The molecule has 1 aromatic carbocycles. The summed E-state index contributed by atoms with van der Waals surface area (Å²) in [6.45, 7) is 8.25. The number of nitriles is 1. The summed E-state index contributed by atoms with van der Waals surface area (Å²) in [4.78, 5) is 2.35. The molecular formula is C15H20BrN3. The second-order valence-electron chi connectivity index (χ2n) is 5.84. The first-order valence-corrected chi connectivity index (χ1v) is 7.37. The van der Waals surface area contributed by atoms with Crippen molar-refractivity contribution in [3.05, 3.63) is 28.2 Å². The van der Waals surface area contributed by atoms with Gasteiger partial charge < -0.3 is 10.2 Å². The van der Waals surface area contributed by atoms with E-state index in [4.69, 9.17) is 5.26 Å². The van der Waals surface area contributed by atoms with Crippen LogP contribution >= 0.6 is 15.9 Å². The van der Waals surface area contributed by atoms with E-state index in [1.165, 1.54) is 11.3 Å². The van der Waals surface area contributed by atoms with Crippen LogP contribution < -0.4 is 10.2 Å². The fourth-order valence-corrected chi connectivity index (χ4v) is 2.83. The van der Waals surface area contributed by atoms with Gasteiger partial charge in [0.2, 0.25) is 0 Å². The molecule has 1 unspecified atom stereocenters. The van der Waals surface area contributed by atoms with Crippen molar-refractivity contribution in [2.45, 2.75) is 38.8 Å². The molecular weight excluding hydrogens is 302 g/mol. The topological polar surface area (TPSA) is 39.1 Å². The van der Waals surface area contributed by atoms with Crippen molar-refractivity contribution < 1.29 is 0 Å². The average molecular weight is 322 g/mol. The van der Waals surface area contributed by atoms with E-state index in [1.54, 1.807) is 0 Å². The first-order chi connectivity index (χ1) is 8.93. The summed E-state index contributed by atoms with van der Waals surface area (Å²) in [5, 5.41) is 12.5. The molecule has 1 saturated heterocycles. The Hall–Kier alpha value is -1.05. The maximum absolute atomic E-state index is 9.00. The average Bonchev–Trinajstić information content (AvgIpc) is 2.35. The Bertz CT molecular complexity index is 505. The molecule has 0 saturated carbocycles. The Balaban J connectivity index is 2.31. The number of piperazine rings is 1. The number of aryl methyl sites for hydroxylation is 1. The molecule has 1 aliphatic rings. The summed E-state index contributed by atoms with van der Waals surface area (Å²) in [6.07, 6.45) is 0.550. The van der Waals surface area contributed by atoms with Crippen molar-refractivity contribution >= 4 is 21.6 Å². The molecule has 0 radical (unpaired) electrons. The summed E-state index contributed by atoms with van der Waals surface area (Å²) >= 11 is 3.59. The number of hydrogen-bond donors (Lipinski definition) is 1. The molecule has 1 fully saturated rings. The van der Waals surface area contributed by atoms with Gasteiger partial charge in [0, 0.05) is 28.8 Å². The van der Waals surface area contributed by atoms with Crippen molar-refractivity contribution in [1.29, 1.82) is 5.26 Å². The van der Waals surface area contributed by atoms with Crippen molar-refractivity contribution in [2.24, 2.45) is 0 Å². The van der Waals surface area contributed by atoms with E-state index in [-0.39, 0.29) is 11.6 Å². The van der Waals surface area contributed by atoms with E-state index >= 15 is 0 Å². The summed E-state index contributed by atoms with van der Waals surface area (Å²) in [7, 11) is 0. The van der Waals surface area contributed by atoms with Gasteiger partial charge in [0.1, 0.15) is 0 Å². The van der Waals surface area contributed by atoms with Crippen LogP contribution in [0.25, 0.3) is 0 Å². The molecule has 1 N–H and O–H groups in total. The quantitative estimate of drug-likeness (QED) is 0.909. The van der Waals surface area contributed by atoms with E-state index in [0.29, 0.717) is 6.42 Å². The van der Waals surface area contributed by atoms with Gasteiger partial charge in [-0.15, -0.1) is 0 Å². The standard InChI is InChI=1S/C15H20BrN3/c1-11-4-5-12(8-14(11)16)19-10-15(2,3)18-9-13(19)6-7-17/h4-5,8,13,18H,6,9-10H2,1-3H3. The Morgan fingerprint density at radius 2 is 2.26 bits per heavy atom. The number of rotatable bonds is 2. The lowest BCUT2D eigenvalue weighted by molar-refractivity contribution is 0.311.